The maximum atomic E-state index is 11.9. The summed E-state index contributed by atoms with van der Waals surface area (Å²) in [6.45, 7) is 3.89. The molecule has 9 nitrogen and oxygen atoms in total. The molecule has 0 aliphatic carbocycles. The molecule has 1 unspecified atom stereocenters. The van der Waals surface area contributed by atoms with Crippen LogP contribution in [0.15, 0.2) is 10.9 Å². The van der Waals surface area contributed by atoms with Crippen molar-refractivity contribution in [3.63, 3.8) is 0 Å². The number of rotatable bonds is 4. The van der Waals surface area contributed by atoms with E-state index in [1.807, 2.05) is 7.05 Å². The molecule has 126 valence electrons. The third-order valence-electron chi connectivity index (χ3n) is 3.47. The number of carbonyl (C=O) groups is 1. The van der Waals surface area contributed by atoms with Gasteiger partial charge in [0, 0.05) is 25.8 Å². The van der Waals surface area contributed by atoms with Gasteiger partial charge in [0.2, 0.25) is 0 Å². The summed E-state index contributed by atoms with van der Waals surface area (Å²) >= 11 is 0. The number of carboxylic acid groups (broad SMARTS) is 1. The van der Waals surface area contributed by atoms with Crippen LogP contribution in [0, 0.1) is 6.92 Å². The summed E-state index contributed by atoms with van der Waals surface area (Å²) in [7, 11) is 2.01. The molecule has 23 heavy (non-hydrogen) atoms. The highest BCUT2D eigenvalue weighted by Gasteiger charge is 2.18. The van der Waals surface area contributed by atoms with E-state index in [-0.39, 0.29) is 12.0 Å². The number of nitrogens with one attached hydrogen (secondary N) is 1. The second kappa shape index (κ2) is 7.84. The molecule has 1 aliphatic heterocycles. The molecular weight excluding hydrogens is 302 g/mol. The highest BCUT2D eigenvalue weighted by atomic mass is 16.5. The van der Waals surface area contributed by atoms with E-state index in [9.17, 15) is 4.79 Å². The predicted octanol–water partition coefficient (Wildman–Crippen LogP) is 0.0376. The zero-order valence-corrected chi connectivity index (χ0v) is 13.2. The molecular formula is C14H21N5O4. The average molecular weight is 323 g/mol. The van der Waals surface area contributed by atoms with Crippen LogP contribution in [0.4, 0.5) is 0 Å². The molecule has 0 radical (unpaired) electrons. The quantitative estimate of drug-likeness (QED) is 0.764. The molecule has 1 aliphatic rings. The second-order valence-electron chi connectivity index (χ2n) is 5.47. The van der Waals surface area contributed by atoms with Crippen LogP contribution >= 0.6 is 0 Å². The number of fused-ring (bicyclic) bond motifs is 1. The van der Waals surface area contributed by atoms with Crippen LogP contribution in [-0.2, 0) is 16.1 Å². The normalized spacial score (nSPS) is 17.3. The third kappa shape index (κ3) is 4.60. The Bertz CT molecular complexity index is 705. The molecule has 0 amide bonds. The summed E-state index contributed by atoms with van der Waals surface area (Å²) < 4.78 is 6.97. The third-order valence-corrected chi connectivity index (χ3v) is 3.47. The van der Waals surface area contributed by atoms with E-state index < -0.39 is 0 Å². The Hall–Kier alpha value is -2.26. The molecule has 9 heteroatoms. The number of aromatic amines is 1. The van der Waals surface area contributed by atoms with Crippen LogP contribution in [0.3, 0.4) is 0 Å². The zero-order valence-electron chi connectivity index (χ0n) is 13.2. The molecule has 2 N–H and O–H groups in total. The summed E-state index contributed by atoms with van der Waals surface area (Å²) in [5.74, 6) is 1.11. The van der Waals surface area contributed by atoms with Crippen molar-refractivity contribution in [1.29, 1.82) is 0 Å². The average Bonchev–Trinajstić information content (AvgIpc) is 3.08. The van der Waals surface area contributed by atoms with Gasteiger partial charge in [0.05, 0.1) is 11.8 Å². The molecule has 2 aromatic rings. The summed E-state index contributed by atoms with van der Waals surface area (Å²) in [5, 5.41) is 9.75. The topological polar surface area (TPSA) is 113 Å². The lowest BCUT2D eigenvalue weighted by Crippen LogP contribution is -2.29. The van der Waals surface area contributed by atoms with Gasteiger partial charge < -0.3 is 9.84 Å². The fourth-order valence-corrected chi connectivity index (χ4v) is 2.59. The Labute approximate surface area is 132 Å². The second-order valence-corrected chi connectivity index (χ2v) is 5.47. The number of hydrogen-bond acceptors (Lipinski definition) is 6. The zero-order chi connectivity index (χ0) is 16.8. The van der Waals surface area contributed by atoms with Crippen molar-refractivity contribution in [2.75, 3.05) is 20.2 Å². The summed E-state index contributed by atoms with van der Waals surface area (Å²) in [4.78, 5) is 31.0. The van der Waals surface area contributed by atoms with Crippen molar-refractivity contribution in [3.8, 4) is 0 Å². The van der Waals surface area contributed by atoms with Gasteiger partial charge in [-0.15, -0.1) is 0 Å². The van der Waals surface area contributed by atoms with Gasteiger partial charge in [0.25, 0.3) is 17.8 Å². The van der Waals surface area contributed by atoms with Gasteiger partial charge in [0.15, 0.2) is 0 Å². The Morgan fingerprint density at radius 2 is 2.30 bits per heavy atom. The lowest BCUT2D eigenvalue weighted by Gasteiger charge is -2.19. The Kier molecular flexibility index (Phi) is 5.83. The van der Waals surface area contributed by atoms with Crippen LogP contribution in [0.5, 0.6) is 0 Å². The van der Waals surface area contributed by atoms with E-state index in [0.29, 0.717) is 24.3 Å². The fraction of sp³-hybridized carbons (Fsp3) is 0.571. The first-order chi connectivity index (χ1) is 11.0. The van der Waals surface area contributed by atoms with Crippen LogP contribution in [0.25, 0.3) is 5.78 Å². The predicted molar refractivity (Wildman–Crippen MR) is 82.3 cm³/mol. The van der Waals surface area contributed by atoms with Crippen molar-refractivity contribution < 1.29 is 14.6 Å². The molecule has 3 rings (SSSR count). The number of likely N-dealkylation sites (N-methyl/N-ethyl adjacent to an activating group) is 1. The monoisotopic (exact) mass is 323 g/mol. The Morgan fingerprint density at radius 1 is 1.57 bits per heavy atom. The van der Waals surface area contributed by atoms with E-state index in [2.05, 4.69) is 20.0 Å². The summed E-state index contributed by atoms with van der Waals surface area (Å²) in [6, 6.07) is 1.55. The maximum absolute atomic E-state index is 11.9. The fourth-order valence-electron chi connectivity index (χ4n) is 2.59. The van der Waals surface area contributed by atoms with Crippen molar-refractivity contribution in [2.45, 2.75) is 32.4 Å². The van der Waals surface area contributed by atoms with Crippen LogP contribution in [0.2, 0.25) is 0 Å². The Morgan fingerprint density at radius 3 is 2.96 bits per heavy atom. The largest absolute Gasteiger partial charge is 0.483 e. The van der Waals surface area contributed by atoms with Crippen molar-refractivity contribution in [1.82, 2.24) is 24.5 Å². The first-order valence-electron chi connectivity index (χ1n) is 7.36. The molecule has 3 heterocycles. The molecule has 0 bridgehead atoms. The number of ether oxygens (including phenoxy) is 1. The number of hydrogen-bond donors (Lipinski definition) is 2. The van der Waals surface area contributed by atoms with E-state index >= 15 is 0 Å². The summed E-state index contributed by atoms with van der Waals surface area (Å²) in [6.07, 6.45) is 2.55. The maximum Gasteiger partial charge on any atom is 0.290 e. The first kappa shape index (κ1) is 17.1. The van der Waals surface area contributed by atoms with Gasteiger partial charge >= 0.3 is 0 Å². The minimum Gasteiger partial charge on any atom is -0.483 e. The van der Waals surface area contributed by atoms with E-state index in [4.69, 9.17) is 14.6 Å². The van der Waals surface area contributed by atoms with Crippen molar-refractivity contribution in [3.05, 3.63) is 27.9 Å². The molecule has 0 aromatic carbocycles. The standard InChI is InChI=1S/C13H19N5O2.CH2O2/c1-9-14-13-15-10(6-12(19)18(13)16-9)7-17(2)8-11-4-3-5-20-11;2-1-3/h6,11H,3-5,7-8H2,1-2H3,(H,14,15,16);1H,(H,2,3). The number of aromatic nitrogens is 4. The molecule has 1 atom stereocenters. The highest BCUT2D eigenvalue weighted by molar-refractivity contribution is 5.32. The number of aryl methyl sites for hydroxylation is 1. The highest BCUT2D eigenvalue weighted by Crippen LogP contribution is 2.13. The van der Waals surface area contributed by atoms with Gasteiger partial charge in [-0.25, -0.2) is 4.98 Å². The lowest BCUT2D eigenvalue weighted by molar-refractivity contribution is -0.122. The van der Waals surface area contributed by atoms with Crippen LogP contribution in [0.1, 0.15) is 24.4 Å². The molecule has 1 saturated heterocycles. The van der Waals surface area contributed by atoms with E-state index in [1.54, 1.807) is 13.0 Å². The Balaban J connectivity index is 0.000000595. The minimum atomic E-state index is -0.250. The van der Waals surface area contributed by atoms with Gasteiger partial charge in [-0.1, -0.05) is 0 Å². The van der Waals surface area contributed by atoms with Gasteiger partial charge in [-0.2, -0.15) is 9.50 Å². The SMILES string of the molecule is Cc1nc2nc(CN(C)CC3CCCO3)cc(=O)n2[nH]1.O=CO. The van der Waals surface area contributed by atoms with Gasteiger partial charge in [0.1, 0.15) is 5.82 Å². The summed E-state index contributed by atoms with van der Waals surface area (Å²) in [5.41, 5.74) is 0.609. The lowest BCUT2D eigenvalue weighted by atomic mass is 10.2. The van der Waals surface area contributed by atoms with Crippen molar-refractivity contribution in [2.24, 2.45) is 0 Å². The van der Waals surface area contributed by atoms with E-state index in [0.717, 1.165) is 31.7 Å². The molecule has 0 spiro atoms. The first-order valence-corrected chi connectivity index (χ1v) is 7.36. The molecule has 1 fully saturated rings. The smallest absolute Gasteiger partial charge is 0.290 e. The van der Waals surface area contributed by atoms with E-state index in [1.165, 1.54) is 4.52 Å². The van der Waals surface area contributed by atoms with Gasteiger partial charge in [-0.05, 0) is 26.8 Å². The van der Waals surface area contributed by atoms with Crippen LogP contribution < -0.4 is 5.56 Å². The van der Waals surface area contributed by atoms with Crippen LogP contribution in [-0.4, -0.2) is 62.4 Å². The van der Waals surface area contributed by atoms with Gasteiger partial charge in [-0.3, -0.25) is 19.6 Å². The minimum absolute atomic E-state index is 0.129. The number of H-pyrrole nitrogens is 1. The molecule has 2 aromatic heterocycles. The molecule has 0 saturated carbocycles. The van der Waals surface area contributed by atoms with Crippen molar-refractivity contribution >= 4 is 12.2 Å². The number of nitrogens with zero attached hydrogens (tertiary/aromatic N) is 4.